The lowest BCUT2D eigenvalue weighted by Crippen LogP contribution is -2.49. The van der Waals surface area contributed by atoms with Gasteiger partial charge in [0.15, 0.2) is 0 Å². The van der Waals surface area contributed by atoms with Gasteiger partial charge in [0, 0.05) is 59.1 Å². The molecular formula is C25H37N5O. The second-order valence-corrected chi connectivity index (χ2v) is 8.57. The zero-order chi connectivity index (χ0) is 22.1. The zero-order valence-electron chi connectivity index (χ0n) is 19.2. The zero-order valence-corrected chi connectivity index (χ0v) is 19.2. The van der Waals surface area contributed by atoms with Crippen molar-refractivity contribution in [1.29, 1.82) is 0 Å². The average molecular weight is 424 g/mol. The van der Waals surface area contributed by atoms with Crippen LogP contribution in [0.1, 0.15) is 23.6 Å². The van der Waals surface area contributed by atoms with E-state index in [4.69, 9.17) is 0 Å². The number of carbonyl (C=O) groups is 1. The number of amides is 2. The van der Waals surface area contributed by atoms with Crippen LogP contribution >= 0.6 is 0 Å². The minimum absolute atomic E-state index is 0.0860. The molecule has 1 atom stereocenters. The van der Waals surface area contributed by atoms with Crippen molar-refractivity contribution >= 4 is 11.7 Å². The smallest absolute Gasteiger partial charge is 0.314 e. The van der Waals surface area contributed by atoms with Crippen LogP contribution in [0.3, 0.4) is 0 Å². The Labute approximate surface area is 187 Å². The number of rotatable bonds is 9. The first-order valence-corrected chi connectivity index (χ1v) is 11.3. The molecule has 0 unspecified atom stereocenters. The van der Waals surface area contributed by atoms with Gasteiger partial charge in [-0.05, 0) is 43.1 Å². The molecule has 1 heterocycles. The molecule has 1 saturated heterocycles. The van der Waals surface area contributed by atoms with Crippen LogP contribution in [-0.4, -0.2) is 76.2 Å². The van der Waals surface area contributed by atoms with Crippen molar-refractivity contribution < 1.29 is 4.79 Å². The van der Waals surface area contributed by atoms with Gasteiger partial charge in [0.2, 0.25) is 0 Å². The molecule has 0 bridgehead atoms. The first-order valence-electron chi connectivity index (χ1n) is 11.3. The second kappa shape index (κ2) is 11.7. The maximum atomic E-state index is 12.4. The normalized spacial score (nSPS) is 16.0. The van der Waals surface area contributed by atoms with E-state index in [1.54, 1.807) is 0 Å². The molecule has 168 valence electrons. The number of piperazine rings is 1. The number of urea groups is 1. The molecule has 31 heavy (non-hydrogen) atoms. The molecule has 0 aliphatic carbocycles. The Morgan fingerprint density at radius 3 is 2.29 bits per heavy atom. The van der Waals surface area contributed by atoms with Crippen molar-refractivity contribution in [1.82, 2.24) is 20.4 Å². The second-order valence-electron chi connectivity index (χ2n) is 8.57. The summed E-state index contributed by atoms with van der Waals surface area (Å²) in [5.74, 6) is 0. The number of nitrogens with one attached hydrogen (secondary N) is 2. The predicted molar refractivity (Wildman–Crippen MR) is 129 cm³/mol. The maximum Gasteiger partial charge on any atom is 0.314 e. The highest BCUT2D eigenvalue weighted by Crippen LogP contribution is 2.24. The first kappa shape index (κ1) is 23.1. The molecule has 0 radical (unpaired) electrons. The van der Waals surface area contributed by atoms with Gasteiger partial charge in [0.1, 0.15) is 0 Å². The lowest BCUT2D eigenvalue weighted by Gasteiger charge is -2.38. The van der Waals surface area contributed by atoms with Crippen molar-refractivity contribution in [3.8, 4) is 0 Å². The summed E-state index contributed by atoms with van der Waals surface area (Å²) in [6, 6.07) is 19.2. The fourth-order valence-corrected chi connectivity index (χ4v) is 3.98. The number of carbonyl (C=O) groups excluding carboxylic acids is 1. The molecule has 1 aliphatic heterocycles. The maximum absolute atomic E-state index is 12.4. The number of benzene rings is 2. The third-order valence-electron chi connectivity index (χ3n) is 6.00. The van der Waals surface area contributed by atoms with E-state index in [1.807, 2.05) is 6.07 Å². The minimum atomic E-state index is -0.0860. The summed E-state index contributed by atoms with van der Waals surface area (Å²) >= 11 is 0. The Balaban J connectivity index is 1.52. The van der Waals surface area contributed by atoms with Crippen LogP contribution in [0.2, 0.25) is 0 Å². The summed E-state index contributed by atoms with van der Waals surface area (Å²) < 4.78 is 0. The molecule has 6 nitrogen and oxygen atoms in total. The van der Waals surface area contributed by atoms with Crippen molar-refractivity contribution in [3.05, 3.63) is 65.7 Å². The lowest BCUT2D eigenvalue weighted by atomic mass is 10.0. The van der Waals surface area contributed by atoms with Crippen LogP contribution in [0.15, 0.2) is 54.6 Å². The van der Waals surface area contributed by atoms with Gasteiger partial charge in [-0.3, -0.25) is 4.90 Å². The monoisotopic (exact) mass is 423 g/mol. The van der Waals surface area contributed by atoms with Crippen molar-refractivity contribution in [2.24, 2.45) is 0 Å². The quantitative estimate of drug-likeness (QED) is 0.609. The number of hydrogen-bond donors (Lipinski definition) is 2. The Bertz CT molecular complexity index is 785. The molecule has 2 aromatic carbocycles. The van der Waals surface area contributed by atoms with Crippen LogP contribution in [0.25, 0.3) is 0 Å². The highest BCUT2D eigenvalue weighted by atomic mass is 16.2. The highest BCUT2D eigenvalue weighted by molar-refractivity contribution is 5.73. The van der Waals surface area contributed by atoms with E-state index in [2.05, 4.69) is 95.0 Å². The van der Waals surface area contributed by atoms with Gasteiger partial charge in [-0.1, -0.05) is 42.5 Å². The number of hydrogen-bond acceptors (Lipinski definition) is 4. The molecule has 6 heteroatoms. The van der Waals surface area contributed by atoms with Crippen LogP contribution in [0.4, 0.5) is 10.5 Å². The van der Waals surface area contributed by atoms with Gasteiger partial charge in [-0.2, -0.15) is 0 Å². The predicted octanol–water partition coefficient (Wildman–Crippen LogP) is 2.97. The van der Waals surface area contributed by atoms with Crippen LogP contribution in [-0.2, 0) is 6.42 Å². The molecule has 3 rings (SSSR count). The van der Waals surface area contributed by atoms with Gasteiger partial charge in [-0.25, -0.2) is 4.79 Å². The minimum Gasteiger partial charge on any atom is -0.378 e. The molecule has 2 amide bonds. The Morgan fingerprint density at radius 1 is 0.968 bits per heavy atom. The van der Waals surface area contributed by atoms with Crippen LogP contribution < -0.4 is 15.5 Å². The van der Waals surface area contributed by atoms with E-state index in [9.17, 15) is 4.79 Å². The van der Waals surface area contributed by atoms with E-state index in [0.29, 0.717) is 13.1 Å². The molecular weight excluding hydrogens is 386 g/mol. The summed E-state index contributed by atoms with van der Waals surface area (Å²) in [5, 5.41) is 6.12. The number of aryl methyl sites for hydroxylation is 1. The summed E-state index contributed by atoms with van der Waals surface area (Å²) in [4.78, 5) is 19.4. The average Bonchev–Trinajstić information content (AvgIpc) is 2.79. The Kier molecular flexibility index (Phi) is 8.74. The van der Waals surface area contributed by atoms with Crippen LogP contribution in [0, 0.1) is 0 Å². The number of anilines is 1. The molecule has 0 aromatic heterocycles. The van der Waals surface area contributed by atoms with Crippen molar-refractivity contribution in [3.63, 3.8) is 0 Å². The molecule has 2 N–H and O–H groups in total. The fourth-order valence-electron chi connectivity index (χ4n) is 3.98. The molecule has 0 saturated carbocycles. The standard InChI is InChI=1S/C25H37N5O/c1-28(2)23-13-11-22(12-14-23)24(30-18-16-29(3)17-19-30)20-27-25(31)26-15-7-10-21-8-5-4-6-9-21/h4-6,8-9,11-14,24H,7,10,15-20H2,1-3H3,(H2,26,27,31)/t24-/m1/s1. The summed E-state index contributed by atoms with van der Waals surface area (Å²) in [5.41, 5.74) is 3.74. The van der Waals surface area contributed by atoms with Gasteiger partial charge < -0.3 is 20.4 Å². The fraction of sp³-hybridized carbons (Fsp3) is 0.480. The molecule has 1 fully saturated rings. The highest BCUT2D eigenvalue weighted by Gasteiger charge is 2.24. The van der Waals surface area contributed by atoms with Crippen molar-refractivity contribution in [2.75, 3.05) is 65.3 Å². The summed E-state index contributed by atoms with van der Waals surface area (Å²) in [6.07, 6.45) is 1.91. The van der Waals surface area contributed by atoms with E-state index in [-0.39, 0.29) is 12.1 Å². The van der Waals surface area contributed by atoms with Crippen molar-refractivity contribution in [2.45, 2.75) is 18.9 Å². The SMILES string of the molecule is CN1CCN([C@H](CNC(=O)NCCCc2ccccc2)c2ccc(N(C)C)cc2)CC1. The van der Waals surface area contributed by atoms with Gasteiger partial charge in [-0.15, -0.1) is 0 Å². The largest absolute Gasteiger partial charge is 0.378 e. The van der Waals surface area contributed by atoms with E-state index in [1.165, 1.54) is 16.8 Å². The van der Waals surface area contributed by atoms with E-state index < -0.39 is 0 Å². The summed E-state index contributed by atoms with van der Waals surface area (Å²) in [6.45, 7) is 5.41. The van der Waals surface area contributed by atoms with Crippen LogP contribution in [0.5, 0.6) is 0 Å². The first-order chi connectivity index (χ1) is 15.0. The lowest BCUT2D eigenvalue weighted by molar-refractivity contribution is 0.111. The van der Waals surface area contributed by atoms with Gasteiger partial charge >= 0.3 is 6.03 Å². The number of likely N-dealkylation sites (N-methyl/N-ethyl adjacent to an activating group) is 1. The van der Waals surface area contributed by atoms with Gasteiger partial charge in [0.05, 0.1) is 6.04 Å². The summed E-state index contributed by atoms with van der Waals surface area (Å²) in [7, 11) is 6.27. The molecule has 0 spiro atoms. The Morgan fingerprint density at radius 2 is 1.65 bits per heavy atom. The van der Waals surface area contributed by atoms with Gasteiger partial charge in [0.25, 0.3) is 0 Å². The third kappa shape index (κ3) is 7.26. The molecule has 1 aliphatic rings. The van der Waals surface area contributed by atoms with E-state index >= 15 is 0 Å². The number of nitrogens with zero attached hydrogens (tertiary/aromatic N) is 3. The van der Waals surface area contributed by atoms with E-state index in [0.717, 1.165) is 39.0 Å². The topological polar surface area (TPSA) is 50.9 Å². The third-order valence-corrected chi connectivity index (χ3v) is 6.00. The molecule has 2 aromatic rings. The Hall–Kier alpha value is -2.57.